The number of nitrogens with zero attached hydrogens (tertiary/aromatic N) is 1. The minimum atomic E-state index is -0.718. The maximum absolute atomic E-state index is 11.4. The summed E-state index contributed by atoms with van der Waals surface area (Å²) in [5.74, 6) is -0.715. The Labute approximate surface area is 108 Å². The zero-order valence-electron chi connectivity index (χ0n) is 11.3. The molecule has 1 heterocycles. The van der Waals surface area contributed by atoms with Gasteiger partial charge in [-0.3, -0.25) is 9.69 Å². The summed E-state index contributed by atoms with van der Waals surface area (Å²) in [5, 5.41) is 12.4. The fourth-order valence-corrected chi connectivity index (χ4v) is 3.18. The third kappa shape index (κ3) is 2.53. The number of rotatable bonds is 4. The summed E-state index contributed by atoms with van der Waals surface area (Å²) in [6.45, 7) is 4.79. The Balaban J connectivity index is 1.97. The number of morpholine rings is 1. The van der Waals surface area contributed by atoms with Crippen LogP contribution in [0.15, 0.2) is 0 Å². The molecule has 5 heteroatoms. The molecule has 1 aliphatic heterocycles. The van der Waals surface area contributed by atoms with Gasteiger partial charge < -0.3 is 15.2 Å². The highest BCUT2D eigenvalue weighted by molar-refractivity contribution is 5.79. The van der Waals surface area contributed by atoms with Crippen LogP contribution in [0.1, 0.15) is 32.6 Å². The van der Waals surface area contributed by atoms with Crippen LogP contribution in [0.2, 0.25) is 0 Å². The smallest absolute Gasteiger partial charge is 0.323 e. The lowest BCUT2D eigenvalue weighted by Gasteiger charge is -2.37. The normalized spacial score (nSPS) is 37.9. The summed E-state index contributed by atoms with van der Waals surface area (Å²) in [6, 6.07) is 0.381. The topological polar surface area (TPSA) is 61.8 Å². The van der Waals surface area contributed by atoms with E-state index in [9.17, 15) is 9.90 Å². The molecular formula is C13H24N2O3. The molecule has 1 aliphatic carbocycles. The molecular weight excluding hydrogens is 232 g/mol. The van der Waals surface area contributed by atoms with E-state index in [1.807, 2.05) is 0 Å². The van der Waals surface area contributed by atoms with E-state index in [1.54, 1.807) is 7.05 Å². The van der Waals surface area contributed by atoms with Gasteiger partial charge in [0, 0.05) is 19.1 Å². The van der Waals surface area contributed by atoms with Crippen molar-refractivity contribution in [3.63, 3.8) is 0 Å². The van der Waals surface area contributed by atoms with Crippen LogP contribution >= 0.6 is 0 Å². The zero-order valence-corrected chi connectivity index (χ0v) is 11.3. The molecule has 0 spiro atoms. The van der Waals surface area contributed by atoms with Gasteiger partial charge in [0.15, 0.2) is 0 Å². The lowest BCUT2D eigenvalue weighted by molar-refractivity contribution is -0.144. The first-order valence-corrected chi connectivity index (χ1v) is 6.89. The highest BCUT2D eigenvalue weighted by atomic mass is 16.5. The van der Waals surface area contributed by atoms with E-state index >= 15 is 0 Å². The number of hydrogen-bond acceptors (Lipinski definition) is 4. The molecule has 0 radical (unpaired) electrons. The Kier molecular flexibility index (Phi) is 4.25. The Morgan fingerprint density at radius 3 is 2.94 bits per heavy atom. The van der Waals surface area contributed by atoms with Gasteiger partial charge in [-0.25, -0.2) is 0 Å². The summed E-state index contributed by atoms with van der Waals surface area (Å²) in [4.78, 5) is 13.8. The molecule has 2 N–H and O–H groups in total. The van der Waals surface area contributed by atoms with Crippen molar-refractivity contribution in [3.05, 3.63) is 0 Å². The molecule has 0 amide bonds. The lowest BCUT2D eigenvalue weighted by Crippen LogP contribution is -2.51. The second kappa shape index (κ2) is 5.55. The number of carboxylic acids is 1. The van der Waals surface area contributed by atoms with Gasteiger partial charge in [-0.1, -0.05) is 6.92 Å². The highest BCUT2D eigenvalue weighted by Gasteiger charge is 2.46. The predicted molar refractivity (Wildman–Crippen MR) is 68.7 cm³/mol. The van der Waals surface area contributed by atoms with Crippen LogP contribution < -0.4 is 5.32 Å². The average molecular weight is 256 g/mol. The van der Waals surface area contributed by atoms with Crippen LogP contribution in [-0.4, -0.2) is 60.4 Å². The number of hydrogen-bond donors (Lipinski definition) is 2. The average Bonchev–Trinajstić information content (AvgIpc) is 2.84. The summed E-state index contributed by atoms with van der Waals surface area (Å²) in [6.07, 6.45) is 3.73. The predicted octanol–water partition coefficient (Wildman–Crippen LogP) is 0.693. The first-order chi connectivity index (χ1) is 8.61. The second-order valence-corrected chi connectivity index (χ2v) is 5.43. The second-order valence-electron chi connectivity index (χ2n) is 5.43. The molecule has 3 unspecified atom stereocenters. The fraction of sp³-hybridized carbons (Fsp3) is 0.923. The van der Waals surface area contributed by atoms with Gasteiger partial charge in [-0.15, -0.1) is 0 Å². The Morgan fingerprint density at radius 2 is 2.39 bits per heavy atom. The van der Waals surface area contributed by atoms with Crippen molar-refractivity contribution in [2.24, 2.45) is 0 Å². The zero-order chi connectivity index (χ0) is 13.2. The van der Waals surface area contributed by atoms with Crippen LogP contribution in [0.5, 0.6) is 0 Å². The molecule has 3 atom stereocenters. The molecule has 18 heavy (non-hydrogen) atoms. The third-order valence-corrected chi connectivity index (χ3v) is 4.52. The molecule has 5 nitrogen and oxygen atoms in total. The molecule has 0 aromatic carbocycles. The van der Waals surface area contributed by atoms with Gasteiger partial charge >= 0.3 is 5.97 Å². The molecule has 1 saturated carbocycles. The SMILES string of the molecule is CCC1CN(C2CCC(NC)(C(=O)O)C2)CCO1. The van der Waals surface area contributed by atoms with Crippen molar-refractivity contribution in [1.29, 1.82) is 0 Å². The first kappa shape index (κ1) is 13.8. The van der Waals surface area contributed by atoms with Crippen molar-refractivity contribution in [2.75, 3.05) is 26.7 Å². The molecule has 2 rings (SSSR count). The van der Waals surface area contributed by atoms with Crippen molar-refractivity contribution in [2.45, 2.75) is 50.3 Å². The monoisotopic (exact) mass is 256 g/mol. The number of ether oxygens (including phenoxy) is 1. The quantitative estimate of drug-likeness (QED) is 0.775. The molecule has 0 bridgehead atoms. The maximum Gasteiger partial charge on any atom is 0.323 e. The largest absolute Gasteiger partial charge is 0.480 e. The van der Waals surface area contributed by atoms with Gasteiger partial charge in [0.25, 0.3) is 0 Å². The van der Waals surface area contributed by atoms with Crippen molar-refractivity contribution < 1.29 is 14.6 Å². The van der Waals surface area contributed by atoms with Gasteiger partial charge in [0.05, 0.1) is 12.7 Å². The number of nitrogens with one attached hydrogen (secondary N) is 1. The number of likely N-dealkylation sites (N-methyl/N-ethyl adjacent to an activating group) is 1. The van der Waals surface area contributed by atoms with E-state index in [0.29, 0.717) is 18.6 Å². The van der Waals surface area contributed by atoms with Crippen LogP contribution in [0.4, 0.5) is 0 Å². The fourth-order valence-electron chi connectivity index (χ4n) is 3.18. The van der Waals surface area contributed by atoms with E-state index in [-0.39, 0.29) is 0 Å². The summed E-state index contributed by atoms with van der Waals surface area (Å²) in [5.41, 5.74) is -0.718. The first-order valence-electron chi connectivity index (χ1n) is 6.89. The van der Waals surface area contributed by atoms with Crippen LogP contribution in [0, 0.1) is 0 Å². The van der Waals surface area contributed by atoms with Gasteiger partial charge in [-0.2, -0.15) is 0 Å². The van der Waals surface area contributed by atoms with E-state index in [4.69, 9.17) is 4.74 Å². The molecule has 2 fully saturated rings. The van der Waals surface area contributed by atoms with Crippen molar-refractivity contribution in [1.82, 2.24) is 10.2 Å². The van der Waals surface area contributed by atoms with E-state index in [0.717, 1.165) is 39.0 Å². The summed E-state index contributed by atoms with van der Waals surface area (Å²) in [7, 11) is 1.75. The van der Waals surface area contributed by atoms with Crippen LogP contribution in [0.3, 0.4) is 0 Å². The minimum Gasteiger partial charge on any atom is -0.480 e. The van der Waals surface area contributed by atoms with E-state index < -0.39 is 11.5 Å². The Hall–Kier alpha value is -0.650. The Bertz CT molecular complexity index is 311. The molecule has 2 aliphatic rings. The van der Waals surface area contributed by atoms with Crippen LogP contribution in [-0.2, 0) is 9.53 Å². The van der Waals surface area contributed by atoms with Crippen molar-refractivity contribution >= 4 is 5.97 Å². The van der Waals surface area contributed by atoms with Gasteiger partial charge in [0.2, 0.25) is 0 Å². The summed E-state index contributed by atoms with van der Waals surface area (Å²) >= 11 is 0. The number of aliphatic carboxylic acids is 1. The van der Waals surface area contributed by atoms with Gasteiger partial charge in [0.1, 0.15) is 5.54 Å². The Morgan fingerprint density at radius 1 is 1.61 bits per heavy atom. The maximum atomic E-state index is 11.4. The molecule has 1 saturated heterocycles. The molecule has 0 aromatic heterocycles. The van der Waals surface area contributed by atoms with E-state index in [2.05, 4.69) is 17.1 Å². The minimum absolute atomic E-state index is 0.313. The lowest BCUT2D eigenvalue weighted by atomic mass is 9.97. The van der Waals surface area contributed by atoms with E-state index in [1.165, 1.54) is 0 Å². The number of carboxylic acid groups (broad SMARTS) is 1. The standard InChI is InChI=1S/C13H24N2O3/c1-3-11-9-15(6-7-18-11)10-4-5-13(8-10,14-2)12(16)17/h10-11,14H,3-9H2,1-2H3,(H,16,17). The van der Waals surface area contributed by atoms with Gasteiger partial charge in [-0.05, 0) is 32.7 Å². The summed E-state index contributed by atoms with van der Waals surface area (Å²) < 4.78 is 5.67. The molecule has 0 aromatic rings. The molecule has 104 valence electrons. The third-order valence-electron chi connectivity index (χ3n) is 4.52. The highest BCUT2D eigenvalue weighted by Crippen LogP contribution is 2.34. The van der Waals surface area contributed by atoms with Crippen molar-refractivity contribution in [3.8, 4) is 0 Å². The number of carbonyl (C=O) groups is 1. The van der Waals surface area contributed by atoms with Crippen LogP contribution in [0.25, 0.3) is 0 Å².